The maximum atomic E-state index is 12.0. The first-order valence-electron chi connectivity index (χ1n) is 8.32. The van der Waals surface area contributed by atoms with Crippen molar-refractivity contribution in [2.75, 3.05) is 18.4 Å². The Balaban J connectivity index is 0.00000364. The standard InChI is InChI=1S/C18H23N5O3.2ClH/c1-11(2)16(19)18(26)22-9-14(24)21-10-15(25)23-13-7-3-5-12-6-4-8-20-17(12)13;;/h3-8,11,16H,9-10,19H2,1-2H3,(H,21,24)(H,22,26)(H,23,25);2*1H/t16-;;/m0../s1. The van der Waals surface area contributed by atoms with Crippen LogP contribution >= 0.6 is 24.8 Å². The van der Waals surface area contributed by atoms with Gasteiger partial charge in [0.15, 0.2) is 0 Å². The quantitative estimate of drug-likeness (QED) is 0.526. The van der Waals surface area contributed by atoms with Crippen LogP contribution in [-0.4, -0.2) is 41.8 Å². The number of benzene rings is 1. The number of aromatic nitrogens is 1. The summed E-state index contributed by atoms with van der Waals surface area (Å²) in [6.07, 6.45) is 1.64. The Bertz CT molecular complexity index is 811. The third kappa shape index (κ3) is 7.30. The van der Waals surface area contributed by atoms with Crippen molar-refractivity contribution in [1.29, 1.82) is 0 Å². The number of hydrogen-bond donors (Lipinski definition) is 4. The molecule has 1 atom stereocenters. The molecular formula is C18H25Cl2N5O3. The van der Waals surface area contributed by atoms with Gasteiger partial charge in [-0.05, 0) is 18.1 Å². The molecule has 3 amide bonds. The molecule has 0 saturated heterocycles. The topological polar surface area (TPSA) is 126 Å². The van der Waals surface area contributed by atoms with Gasteiger partial charge in [-0.15, -0.1) is 24.8 Å². The Kier molecular flexibility index (Phi) is 11.1. The van der Waals surface area contributed by atoms with Gasteiger partial charge in [0.25, 0.3) is 0 Å². The van der Waals surface area contributed by atoms with E-state index in [0.29, 0.717) is 11.2 Å². The van der Waals surface area contributed by atoms with Gasteiger partial charge in [-0.2, -0.15) is 0 Å². The lowest BCUT2D eigenvalue weighted by Gasteiger charge is -2.15. The second-order valence-electron chi connectivity index (χ2n) is 6.19. The highest BCUT2D eigenvalue weighted by atomic mass is 35.5. The van der Waals surface area contributed by atoms with E-state index in [0.717, 1.165) is 5.39 Å². The van der Waals surface area contributed by atoms with Crippen LogP contribution in [0, 0.1) is 5.92 Å². The first kappa shape index (κ1) is 25.6. The van der Waals surface area contributed by atoms with Crippen molar-refractivity contribution in [3.05, 3.63) is 36.5 Å². The molecule has 5 N–H and O–H groups in total. The number of pyridine rings is 1. The molecule has 1 aromatic heterocycles. The average molecular weight is 430 g/mol. The minimum absolute atomic E-state index is 0. The number of rotatable bonds is 7. The fourth-order valence-electron chi connectivity index (χ4n) is 2.23. The van der Waals surface area contributed by atoms with Gasteiger partial charge in [0, 0.05) is 11.6 Å². The van der Waals surface area contributed by atoms with Crippen LogP contribution in [0.1, 0.15) is 13.8 Å². The molecule has 2 aromatic rings. The Labute approximate surface area is 175 Å². The van der Waals surface area contributed by atoms with E-state index >= 15 is 0 Å². The van der Waals surface area contributed by atoms with Crippen molar-refractivity contribution in [2.45, 2.75) is 19.9 Å². The van der Waals surface area contributed by atoms with E-state index in [1.807, 2.05) is 38.1 Å². The monoisotopic (exact) mass is 429 g/mol. The van der Waals surface area contributed by atoms with Crippen molar-refractivity contribution in [2.24, 2.45) is 11.7 Å². The van der Waals surface area contributed by atoms with E-state index < -0.39 is 17.9 Å². The molecule has 28 heavy (non-hydrogen) atoms. The van der Waals surface area contributed by atoms with Crippen LogP contribution in [0.3, 0.4) is 0 Å². The largest absolute Gasteiger partial charge is 0.346 e. The van der Waals surface area contributed by atoms with E-state index in [9.17, 15) is 14.4 Å². The average Bonchev–Trinajstić information content (AvgIpc) is 2.64. The van der Waals surface area contributed by atoms with E-state index in [4.69, 9.17) is 5.73 Å². The summed E-state index contributed by atoms with van der Waals surface area (Å²) in [6, 6.07) is 8.47. The highest BCUT2D eigenvalue weighted by molar-refractivity contribution is 6.02. The summed E-state index contributed by atoms with van der Waals surface area (Å²) in [7, 11) is 0. The molecule has 8 nitrogen and oxygen atoms in total. The first-order chi connectivity index (χ1) is 12.4. The minimum Gasteiger partial charge on any atom is -0.346 e. The van der Waals surface area contributed by atoms with Gasteiger partial charge in [-0.1, -0.05) is 32.0 Å². The smallest absolute Gasteiger partial charge is 0.243 e. The van der Waals surface area contributed by atoms with Gasteiger partial charge < -0.3 is 21.7 Å². The molecule has 10 heteroatoms. The summed E-state index contributed by atoms with van der Waals surface area (Å²) in [6.45, 7) is 3.18. The minimum atomic E-state index is -0.676. The predicted molar refractivity (Wildman–Crippen MR) is 114 cm³/mol. The molecular weight excluding hydrogens is 405 g/mol. The fourth-order valence-corrected chi connectivity index (χ4v) is 2.23. The molecule has 0 fully saturated rings. The lowest BCUT2D eigenvalue weighted by molar-refractivity contribution is -0.127. The molecule has 0 aliphatic rings. The zero-order chi connectivity index (χ0) is 19.1. The Morgan fingerprint density at radius 2 is 1.64 bits per heavy atom. The Hall–Kier alpha value is -2.42. The second-order valence-corrected chi connectivity index (χ2v) is 6.19. The number of fused-ring (bicyclic) bond motifs is 1. The number of nitrogens with zero attached hydrogens (tertiary/aromatic N) is 1. The van der Waals surface area contributed by atoms with Crippen molar-refractivity contribution in [3.63, 3.8) is 0 Å². The predicted octanol–water partition coefficient (Wildman–Crippen LogP) is 1.23. The van der Waals surface area contributed by atoms with Gasteiger partial charge in [0.05, 0.1) is 30.3 Å². The first-order valence-corrected chi connectivity index (χ1v) is 8.32. The fraction of sp³-hybridized carbons (Fsp3) is 0.333. The normalized spacial score (nSPS) is 11.0. The molecule has 0 aliphatic carbocycles. The Morgan fingerprint density at radius 1 is 1.00 bits per heavy atom. The van der Waals surface area contributed by atoms with Crippen molar-refractivity contribution in [3.8, 4) is 0 Å². The lowest BCUT2D eigenvalue weighted by Crippen LogP contribution is -2.47. The van der Waals surface area contributed by atoms with Crippen LogP contribution in [0.5, 0.6) is 0 Å². The molecule has 0 aliphatic heterocycles. The van der Waals surface area contributed by atoms with E-state index in [1.54, 1.807) is 12.3 Å². The third-order valence-corrected chi connectivity index (χ3v) is 3.80. The van der Waals surface area contributed by atoms with E-state index in [-0.39, 0.29) is 49.7 Å². The van der Waals surface area contributed by atoms with Crippen LogP contribution in [0.4, 0.5) is 5.69 Å². The molecule has 0 spiro atoms. The lowest BCUT2D eigenvalue weighted by atomic mass is 10.1. The van der Waals surface area contributed by atoms with Gasteiger partial charge in [0.2, 0.25) is 17.7 Å². The number of nitrogens with one attached hydrogen (secondary N) is 3. The van der Waals surface area contributed by atoms with Crippen LogP contribution in [0.15, 0.2) is 36.5 Å². The number of carbonyl (C=O) groups is 3. The zero-order valence-corrected chi connectivity index (χ0v) is 17.2. The Morgan fingerprint density at radius 3 is 2.32 bits per heavy atom. The molecule has 0 radical (unpaired) electrons. The second kappa shape index (κ2) is 12.1. The van der Waals surface area contributed by atoms with Gasteiger partial charge in [-0.3, -0.25) is 19.4 Å². The zero-order valence-electron chi connectivity index (χ0n) is 15.6. The molecule has 0 bridgehead atoms. The summed E-state index contributed by atoms with van der Waals surface area (Å²) in [4.78, 5) is 39.7. The van der Waals surface area contributed by atoms with Crippen LogP contribution in [0.25, 0.3) is 10.9 Å². The third-order valence-electron chi connectivity index (χ3n) is 3.80. The van der Waals surface area contributed by atoms with Crippen LogP contribution in [-0.2, 0) is 14.4 Å². The summed E-state index contributed by atoms with van der Waals surface area (Å²) >= 11 is 0. The number of carbonyl (C=O) groups excluding carboxylic acids is 3. The molecule has 154 valence electrons. The molecule has 2 rings (SSSR count). The van der Waals surface area contributed by atoms with Crippen molar-refractivity contribution < 1.29 is 14.4 Å². The summed E-state index contributed by atoms with van der Waals surface area (Å²) in [5.74, 6) is -1.29. The van der Waals surface area contributed by atoms with E-state index in [1.165, 1.54) is 0 Å². The summed E-state index contributed by atoms with van der Waals surface area (Å²) < 4.78 is 0. The number of amides is 3. The number of hydrogen-bond acceptors (Lipinski definition) is 5. The molecule has 0 saturated carbocycles. The van der Waals surface area contributed by atoms with Crippen molar-refractivity contribution >= 4 is 59.1 Å². The number of halogens is 2. The maximum absolute atomic E-state index is 12.0. The van der Waals surface area contributed by atoms with Crippen LogP contribution in [0.2, 0.25) is 0 Å². The van der Waals surface area contributed by atoms with Crippen molar-refractivity contribution in [1.82, 2.24) is 15.6 Å². The van der Waals surface area contributed by atoms with Gasteiger partial charge in [0.1, 0.15) is 0 Å². The molecule has 1 heterocycles. The van der Waals surface area contributed by atoms with Crippen LogP contribution < -0.4 is 21.7 Å². The van der Waals surface area contributed by atoms with Gasteiger partial charge >= 0.3 is 0 Å². The number of nitrogens with two attached hydrogens (primary N) is 1. The van der Waals surface area contributed by atoms with E-state index in [2.05, 4.69) is 20.9 Å². The molecule has 1 aromatic carbocycles. The van der Waals surface area contributed by atoms with Gasteiger partial charge in [-0.25, -0.2) is 0 Å². The SMILES string of the molecule is CC(C)[C@H](N)C(=O)NCC(=O)NCC(=O)Nc1cccc2cccnc12.Cl.Cl. The summed E-state index contributed by atoms with van der Waals surface area (Å²) in [5, 5.41) is 8.51. The number of anilines is 1. The number of para-hydroxylation sites is 1. The maximum Gasteiger partial charge on any atom is 0.243 e. The molecule has 0 unspecified atom stereocenters. The summed E-state index contributed by atoms with van der Waals surface area (Å²) in [5.41, 5.74) is 6.93. The highest BCUT2D eigenvalue weighted by Crippen LogP contribution is 2.20. The highest BCUT2D eigenvalue weighted by Gasteiger charge is 2.17.